The van der Waals surface area contributed by atoms with Crippen LogP contribution in [0.15, 0.2) is 24.3 Å². The maximum absolute atomic E-state index is 12.0. The van der Waals surface area contributed by atoms with Crippen molar-refractivity contribution >= 4 is 17.7 Å². The van der Waals surface area contributed by atoms with Gasteiger partial charge in [-0.15, -0.1) is 11.8 Å². The van der Waals surface area contributed by atoms with Gasteiger partial charge in [-0.2, -0.15) is 0 Å². The number of hydrogen-bond donors (Lipinski definition) is 0. The van der Waals surface area contributed by atoms with E-state index in [1.54, 1.807) is 18.9 Å². The minimum absolute atomic E-state index is 0.113. The third-order valence-corrected chi connectivity index (χ3v) is 4.62. The van der Waals surface area contributed by atoms with Crippen LogP contribution in [0.3, 0.4) is 0 Å². The molecule has 1 fully saturated rings. The number of benzene rings is 1. The van der Waals surface area contributed by atoms with Crippen molar-refractivity contribution in [1.82, 2.24) is 4.90 Å². The summed E-state index contributed by atoms with van der Waals surface area (Å²) in [6, 6.07) is 7.96. The van der Waals surface area contributed by atoms with E-state index in [0.29, 0.717) is 12.4 Å². The number of hydrogen-bond acceptors (Lipinski definition) is 4. The Morgan fingerprint density at radius 3 is 2.67 bits per heavy atom. The van der Waals surface area contributed by atoms with E-state index in [9.17, 15) is 4.79 Å². The van der Waals surface area contributed by atoms with Crippen molar-refractivity contribution in [2.75, 3.05) is 26.0 Å². The van der Waals surface area contributed by atoms with E-state index in [0.717, 1.165) is 24.3 Å². The lowest BCUT2D eigenvalue weighted by Gasteiger charge is -2.24. The van der Waals surface area contributed by atoms with Gasteiger partial charge in [-0.3, -0.25) is 4.79 Å². The second-order valence-corrected chi connectivity index (χ2v) is 6.37. The number of thioether (sulfide) groups is 1. The largest absolute Gasteiger partial charge is 0.497 e. The highest BCUT2D eigenvalue weighted by atomic mass is 32.2. The monoisotopic (exact) mass is 309 g/mol. The normalized spacial score (nSPS) is 18.6. The predicted molar refractivity (Wildman–Crippen MR) is 85.6 cm³/mol. The van der Waals surface area contributed by atoms with E-state index in [4.69, 9.17) is 9.47 Å². The van der Waals surface area contributed by atoms with Crippen LogP contribution in [0.2, 0.25) is 0 Å². The van der Waals surface area contributed by atoms with Crippen LogP contribution in [-0.4, -0.2) is 42.9 Å². The van der Waals surface area contributed by atoms with Gasteiger partial charge in [0.25, 0.3) is 0 Å². The molecule has 4 nitrogen and oxygen atoms in total. The molecule has 0 aliphatic carbocycles. The number of rotatable bonds is 7. The summed E-state index contributed by atoms with van der Waals surface area (Å²) in [6.07, 6.45) is 1.11. The van der Waals surface area contributed by atoms with Gasteiger partial charge in [-0.1, -0.05) is 12.1 Å². The molecule has 0 aromatic heterocycles. The molecule has 1 aliphatic rings. The van der Waals surface area contributed by atoms with Crippen LogP contribution in [0.1, 0.15) is 31.2 Å². The van der Waals surface area contributed by atoms with Crippen molar-refractivity contribution in [2.24, 2.45) is 0 Å². The summed E-state index contributed by atoms with van der Waals surface area (Å²) < 4.78 is 10.7. The quantitative estimate of drug-likeness (QED) is 0.726. The highest BCUT2D eigenvalue weighted by Crippen LogP contribution is 2.38. The van der Waals surface area contributed by atoms with E-state index in [1.807, 2.05) is 43.0 Å². The molecule has 0 saturated carbocycles. The van der Waals surface area contributed by atoms with Crippen molar-refractivity contribution < 1.29 is 14.3 Å². The second kappa shape index (κ2) is 7.71. The van der Waals surface area contributed by atoms with Gasteiger partial charge < -0.3 is 14.4 Å². The Kier molecular flexibility index (Phi) is 5.94. The van der Waals surface area contributed by atoms with Gasteiger partial charge in [0.2, 0.25) is 5.91 Å². The number of carbonyl (C=O) groups excluding carboxylic acids is 1. The zero-order valence-electron chi connectivity index (χ0n) is 12.9. The number of carbonyl (C=O) groups is 1. The van der Waals surface area contributed by atoms with E-state index < -0.39 is 0 Å². The van der Waals surface area contributed by atoms with Gasteiger partial charge >= 0.3 is 0 Å². The molecule has 0 radical (unpaired) electrons. The Morgan fingerprint density at radius 1 is 1.33 bits per heavy atom. The lowest BCUT2D eigenvalue weighted by Crippen LogP contribution is -2.30. The van der Waals surface area contributed by atoms with Crippen LogP contribution in [0.4, 0.5) is 0 Å². The molecule has 1 amide bonds. The molecule has 0 bridgehead atoms. The molecule has 0 spiro atoms. The zero-order valence-corrected chi connectivity index (χ0v) is 13.7. The third kappa shape index (κ3) is 4.38. The number of ether oxygens (including phenoxy) is 2. The summed E-state index contributed by atoms with van der Waals surface area (Å²) in [7, 11) is 1.66. The molecule has 2 rings (SSSR count). The zero-order chi connectivity index (χ0) is 15.2. The Balaban J connectivity index is 1.95. The predicted octanol–water partition coefficient (Wildman–Crippen LogP) is 3.08. The molecule has 1 atom stereocenters. The van der Waals surface area contributed by atoms with Crippen molar-refractivity contribution in [3.8, 4) is 5.75 Å². The second-order valence-electron chi connectivity index (χ2n) is 5.30. The molecule has 1 saturated heterocycles. The molecule has 116 valence electrons. The SMILES string of the molecule is COc1ccc(C2SCC(=O)N2CCCOC(C)C)cc1. The van der Waals surface area contributed by atoms with Crippen LogP contribution >= 0.6 is 11.8 Å². The maximum Gasteiger partial charge on any atom is 0.233 e. The molecule has 1 heterocycles. The molecule has 5 heteroatoms. The number of nitrogens with zero attached hydrogens (tertiary/aromatic N) is 1. The average Bonchev–Trinajstić information content (AvgIpc) is 2.85. The highest BCUT2D eigenvalue weighted by Gasteiger charge is 2.32. The summed E-state index contributed by atoms with van der Waals surface area (Å²) in [4.78, 5) is 14.0. The molecule has 21 heavy (non-hydrogen) atoms. The summed E-state index contributed by atoms with van der Waals surface area (Å²) in [5.41, 5.74) is 1.15. The lowest BCUT2D eigenvalue weighted by molar-refractivity contribution is -0.128. The minimum Gasteiger partial charge on any atom is -0.497 e. The van der Waals surface area contributed by atoms with Crippen LogP contribution in [0.5, 0.6) is 5.75 Å². The number of methoxy groups -OCH3 is 1. The van der Waals surface area contributed by atoms with E-state index in [-0.39, 0.29) is 17.4 Å². The first-order valence-electron chi connectivity index (χ1n) is 7.28. The Bertz CT molecular complexity index is 461. The van der Waals surface area contributed by atoms with E-state index >= 15 is 0 Å². The maximum atomic E-state index is 12.0. The summed E-state index contributed by atoms with van der Waals surface area (Å²) >= 11 is 1.68. The smallest absolute Gasteiger partial charge is 0.233 e. The first kappa shape index (κ1) is 16.2. The van der Waals surface area contributed by atoms with Crippen molar-refractivity contribution in [1.29, 1.82) is 0 Å². The summed E-state index contributed by atoms with van der Waals surface area (Å²) in [5.74, 6) is 1.61. The fraction of sp³-hybridized carbons (Fsp3) is 0.562. The Labute approximate surface area is 130 Å². The Morgan fingerprint density at radius 2 is 2.05 bits per heavy atom. The van der Waals surface area contributed by atoms with Crippen LogP contribution in [0, 0.1) is 0 Å². The molecule has 1 aliphatic heterocycles. The Hall–Kier alpha value is -1.20. The van der Waals surface area contributed by atoms with Gasteiger partial charge in [0.1, 0.15) is 11.1 Å². The third-order valence-electron chi connectivity index (χ3n) is 3.36. The van der Waals surface area contributed by atoms with Gasteiger partial charge in [-0.25, -0.2) is 0 Å². The van der Waals surface area contributed by atoms with Crippen LogP contribution in [-0.2, 0) is 9.53 Å². The van der Waals surface area contributed by atoms with Gasteiger partial charge in [0.05, 0.1) is 19.0 Å². The molecule has 1 aromatic carbocycles. The van der Waals surface area contributed by atoms with Crippen LogP contribution < -0.4 is 4.74 Å². The molecule has 0 N–H and O–H groups in total. The molecular formula is C16H23NO3S. The first-order chi connectivity index (χ1) is 10.1. The molecular weight excluding hydrogens is 286 g/mol. The van der Waals surface area contributed by atoms with Gasteiger partial charge in [-0.05, 0) is 38.0 Å². The molecule has 1 aromatic rings. The fourth-order valence-corrected chi connectivity index (χ4v) is 3.51. The summed E-state index contributed by atoms with van der Waals surface area (Å²) in [5, 5.41) is 0.113. The van der Waals surface area contributed by atoms with E-state index in [1.165, 1.54) is 0 Å². The lowest BCUT2D eigenvalue weighted by atomic mass is 10.2. The van der Waals surface area contributed by atoms with Crippen molar-refractivity contribution in [3.05, 3.63) is 29.8 Å². The highest BCUT2D eigenvalue weighted by molar-refractivity contribution is 8.00. The minimum atomic E-state index is 0.113. The van der Waals surface area contributed by atoms with Crippen LogP contribution in [0.25, 0.3) is 0 Å². The van der Waals surface area contributed by atoms with E-state index in [2.05, 4.69) is 0 Å². The van der Waals surface area contributed by atoms with Gasteiger partial charge in [0, 0.05) is 13.2 Å². The van der Waals surface area contributed by atoms with Crippen molar-refractivity contribution in [2.45, 2.75) is 31.7 Å². The van der Waals surface area contributed by atoms with Crippen molar-refractivity contribution in [3.63, 3.8) is 0 Å². The molecule has 1 unspecified atom stereocenters. The standard InChI is InChI=1S/C16H23NO3S/c1-12(2)20-10-4-9-17-15(18)11-21-16(17)13-5-7-14(19-3)8-6-13/h5-8,12,16H,4,9-11H2,1-3H3. The topological polar surface area (TPSA) is 38.8 Å². The fourth-order valence-electron chi connectivity index (χ4n) is 2.29. The first-order valence-corrected chi connectivity index (χ1v) is 8.33. The summed E-state index contributed by atoms with van der Waals surface area (Å²) in [6.45, 7) is 5.49. The number of amides is 1. The average molecular weight is 309 g/mol. The van der Waals surface area contributed by atoms with Gasteiger partial charge in [0.15, 0.2) is 0 Å².